The van der Waals surface area contributed by atoms with Crippen molar-refractivity contribution in [3.63, 3.8) is 0 Å². The van der Waals surface area contributed by atoms with Crippen molar-refractivity contribution >= 4 is 62.5 Å². The minimum Gasteiger partial charge on any atom is -0.310 e. The molecule has 0 aromatic heterocycles. The average molecular weight is 554 g/mol. The number of carbonyl (C=O) groups excluding carboxylic acids is 4. The third-order valence-electron chi connectivity index (χ3n) is 5.43. The molecule has 0 heterocycles. The molecule has 0 saturated heterocycles. The molecule has 4 atom stereocenters. The third kappa shape index (κ3) is 28.0. The van der Waals surface area contributed by atoms with Crippen LogP contribution >= 0.6 is 37.9 Å². The molecular weight excluding hydrogens is 502 g/mol. The molecule has 0 radical (unpaired) electrons. The molecule has 0 saturated carbocycles. The monoisotopic (exact) mass is 553 g/mol. The lowest BCUT2D eigenvalue weighted by Crippen LogP contribution is -2.37. The van der Waals surface area contributed by atoms with Crippen molar-refractivity contribution in [3.8, 4) is 0 Å². The quantitative estimate of drug-likeness (QED) is 0.0737. The van der Waals surface area contributed by atoms with Crippen LogP contribution in [0.15, 0.2) is 0 Å². The number of Topliss-reactive ketones (excluding diaryl/α,β-unsaturated/α-hetero) is 1. The number of thiol groups is 3. The summed E-state index contributed by atoms with van der Waals surface area (Å²) in [6.45, 7) is 4.47. The Morgan fingerprint density at radius 2 is 1.11 bits per heavy atom. The highest BCUT2D eigenvalue weighted by Gasteiger charge is 2.15. The maximum atomic E-state index is 11.6. The first kappa shape index (κ1) is 39.1. The molecule has 1 unspecified atom stereocenters. The molecule has 0 aromatic carbocycles. The fourth-order valence-electron chi connectivity index (χ4n) is 2.83. The second-order valence-corrected chi connectivity index (χ2v) is 9.43. The molecule has 0 aliphatic rings. The van der Waals surface area contributed by atoms with Crippen LogP contribution in [0.1, 0.15) is 71.6 Å². The molecule has 0 amide bonds. The summed E-state index contributed by atoms with van der Waals surface area (Å²) in [4.78, 5) is 42.1. The van der Waals surface area contributed by atoms with Gasteiger partial charge in [0.25, 0.3) is 0 Å². The number of hydrogen-bond donors (Lipinski definition) is 6. The maximum Gasteiger partial charge on any atom is 0.137 e. The Morgan fingerprint density at radius 3 is 1.40 bits per heavy atom. The zero-order valence-corrected chi connectivity index (χ0v) is 24.9. The molecule has 35 heavy (non-hydrogen) atoms. The van der Waals surface area contributed by atoms with Gasteiger partial charge < -0.3 is 30.3 Å². The van der Waals surface area contributed by atoms with Gasteiger partial charge in [0.15, 0.2) is 0 Å². The van der Waals surface area contributed by atoms with Crippen molar-refractivity contribution in [2.75, 3.05) is 37.9 Å². The van der Waals surface area contributed by atoms with E-state index in [1.54, 1.807) is 21.0 Å². The van der Waals surface area contributed by atoms with Crippen LogP contribution < -0.4 is 16.0 Å². The number of ketones is 1. The SMILES string of the molecule is CCCCCCCCCCC(CN[C@H](C=O)CS)C(C)=O.CN[C@H](C=O)CS.CN[C@H](C=O)CS. The number of nitrogens with one attached hydrogen (secondary N) is 3. The van der Waals surface area contributed by atoms with Crippen molar-refractivity contribution in [2.45, 2.75) is 89.8 Å². The van der Waals surface area contributed by atoms with Gasteiger partial charge in [0.05, 0.1) is 18.1 Å². The second-order valence-electron chi connectivity index (χ2n) is 8.33. The van der Waals surface area contributed by atoms with Gasteiger partial charge in [0.2, 0.25) is 0 Å². The van der Waals surface area contributed by atoms with E-state index in [0.717, 1.165) is 31.7 Å². The van der Waals surface area contributed by atoms with Gasteiger partial charge >= 0.3 is 0 Å². The van der Waals surface area contributed by atoms with Crippen LogP contribution in [0.25, 0.3) is 0 Å². The minimum absolute atomic E-state index is 0.0347. The molecule has 0 fully saturated rings. The lowest BCUT2D eigenvalue weighted by Gasteiger charge is -2.17. The summed E-state index contributed by atoms with van der Waals surface area (Å²) in [5.74, 6) is 1.87. The number of unbranched alkanes of at least 4 members (excludes halogenated alkanes) is 7. The van der Waals surface area contributed by atoms with Crippen LogP contribution in [0, 0.1) is 5.92 Å². The second kappa shape index (κ2) is 31.6. The molecule has 7 nitrogen and oxygen atoms in total. The van der Waals surface area contributed by atoms with Crippen LogP contribution in [-0.2, 0) is 19.2 Å². The normalized spacial score (nSPS) is 13.7. The number of hydrogen-bond acceptors (Lipinski definition) is 10. The predicted molar refractivity (Wildman–Crippen MR) is 159 cm³/mol. The minimum atomic E-state index is -0.242. The van der Waals surface area contributed by atoms with Crippen LogP contribution in [-0.4, -0.2) is 80.7 Å². The van der Waals surface area contributed by atoms with Gasteiger partial charge in [0.1, 0.15) is 24.6 Å². The fourth-order valence-corrected chi connectivity index (χ4v) is 3.58. The molecule has 0 bridgehead atoms. The zero-order valence-electron chi connectivity index (χ0n) is 22.2. The molecule has 0 rings (SSSR count). The molecule has 0 aliphatic heterocycles. The molecular formula is C25H51N3O4S3. The van der Waals surface area contributed by atoms with Crippen LogP contribution in [0.5, 0.6) is 0 Å². The van der Waals surface area contributed by atoms with E-state index < -0.39 is 0 Å². The first-order valence-corrected chi connectivity index (χ1v) is 14.5. The Labute approximate surface area is 230 Å². The Hall–Kier alpha value is -0.390. The largest absolute Gasteiger partial charge is 0.310 e. The van der Waals surface area contributed by atoms with Crippen LogP contribution in [0.4, 0.5) is 0 Å². The smallest absolute Gasteiger partial charge is 0.137 e. The standard InChI is InChI=1S/C17H33NO2S.2C4H9NOS/c1-3-4-5-6-7-8-9-10-11-16(15(2)20)12-18-17(13-19)14-21;2*1-5-4(2-6)3-7/h13,16-18,21H,3-12,14H2,1-2H3;2*2,4-5,7H,3H2,1H3/t16?,17-;2*4-/m111/s1. The zero-order chi connectivity index (χ0) is 27.3. The maximum absolute atomic E-state index is 11.6. The number of carbonyl (C=O) groups is 4. The van der Waals surface area contributed by atoms with E-state index in [-0.39, 0.29) is 29.8 Å². The molecule has 0 aliphatic carbocycles. The number of likely N-dealkylation sites (N-methyl/N-ethyl adjacent to an activating group) is 2. The van der Waals surface area contributed by atoms with Crippen molar-refractivity contribution in [1.29, 1.82) is 0 Å². The van der Waals surface area contributed by atoms with E-state index in [1.165, 1.54) is 44.9 Å². The Morgan fingerprint density at radius 1 is 0.714 bits per heavy atom. The summed E-state index contributed by atoms with van der Waals surface area (Å²) in [6, 6.07) is -0.402. The summed E-state index contributed by atoms with van der Waals surface area (Å²) >= 11 is 11.9. The van der Waals surface area contributed by atoms with Gasteiger partial charge in [-0.05, 0) is 27.4 Å². The van der Waals surface area contributed by atoms with Crippen LogP contribution in [0.2, 0.25) is 0 Å². The van der Waals surface area contributed by atoms with Crippen molar-refractivity contribution in [3.05, 3.63) is 0 Å². The average Bonchev–Trinajstić information content (AvgIpc) is 2.87. The lowest BCUT2D eigenvalue weighted by atomic mass is 9.96. The highest BCUT2D eigenvalue weighted by Crippen LogP contribution is 2.14. The van der Waals surface area contributed by atoms with Crippen molar-refractivity contribution in [1.82, 2.24) is 16.0 Å². The molecule has 0 aromatic rings. The summed E-state index contributed by atoms with van der Waals surface area (Å²) < 4.78 is 0. The third-order valence-corrected chi connectivity index (χ3v) is 6.61. The summed E-state index contributed by atoms with van der Waals surface area (Å²) in [5.41, 5.74) is 0. The Balaban J connectivity index is -0.000000594. The topological polar surface area (TPSA) is 104 Å². The van der Waals surface area contributed by atoms with Crippen molar-refractivity contribution < 1.29 is 19.2 Å². The molecule has 3 N–H and O–H groups in total. The van der Waals surface area contributed by atoms with E-state index in [2.05, 4.69) is 60.8 Å². The molecule has 0 spiro atoms. The van der Waals surface area contributed by atoms with Crippen molar-refractivity contribution in [2.24, 2.45) is 5.92 Å². The first-order valence-electron chi connectivity index (χ1n) is 12.6. The molecule has 208 valence electrons. The molecule has 10 heteroatoms. The van der Waals surface area contributed by atoms with E-state index in [9.17, 15) is 19.2 Å². The highest BCUT2D eigenvalue weighted by atomic mass is 32.1. The van der Waals surface area contributed by atoms with E-state index >= 15 is 0 Å². The summed E-state index contributed by atoms with van der Waals surface area (Å²) in [7, 11) is 3.46. The highest BCUT2D eigenvalue weighted by molar-refractivity contribution is 7.80. The lowest BCUT2D eigenvalue weighted by molar-refractivity contribution is -0.121. The van der Waals surface area contributed by atoms with Gasteiger partial charge in [0, 0.05) is 29.7 Å². The number of aldehydes is 3. The van der Waals surface area contributed by atoms with E-state index in [1.807, 2.05) is 0 Å². The van der Waals surface area contributed by atoms with Gasteiger partial charge in [-0.15, -0.1) is 0 Å². The summed E-state index contributed by atoms with van der Waals surface area (Å²) in [6.07, 6.45) is 13.7. The Kier molecular flexibility index (Phi) is 35.4. The van der Waals surface area contributed by atoms with Gasteiger partial charge in [-0.25, -0.2) is 0 Å². The summed E-state index contributed by atoms with van der Waals surface area (Å²) in [5, 5.41) is 8.62. The van der Waals surface area contributed by atoms with E-state index in [0.29, 0.717) is 23.8 Å². The number of rotatable bonds is 21. The fraction of sp³-hybridized carbons (Fsp3) is 0.840. The van der Waals surface area contributed by atoms with Gasteiger partial charge in [-0.3, -0.25) is 4.79 Å². The Bertz CT molecular complexity index is 479. The van der Waals surface area contributed by atoms with Crippen LogP contribution in [0.3, 0.4) is 0 Å². The van der Waals surface area contributed by atoms with Gasteiger partial charge in [-0.1, -0.05) is 58.3 Å². The van der Waals surface area contributed by atoms with E-state index in [4.69, 9.17) is 0 Å². The first-order chi connectivity index (χ1) is 16.8. The van der Waals surface area contributed by atoms with Gasteiger partial charge in [-0.2, -0.15) is 37.9 Å². The predicted octanol–water partition coefficient (Wildman–Crippen LogP) is 3.22.